The lowest BCUT2D eigenvalue weighted by atomic mass is 10.1. The highest BCUT2D eigenvalue weighted by Crippen LogP contribution is 2.22. The van der Waals surface area contributed by atoms with E-state index in [0.717, 1.165) is 30.2 Å². The topological polar surface area (TPSA) is 29.3 Å². The van der Waals surface area contributed by atoms with Gasteiger partial charge >= 0.3 is 0 Å². The molecule has 4 heteroatoms. The number of imidazole rings is 1. The minimum absolute atomic E-state index is 0.690. The van der Waals surface area contributed by atoms with Crippen LogP contribution in [0.15, 0.2) is 11.0 Å². The van der Waals surface area contributed by atoms with E-state index >= 15 is 0 Å². The van der Waals surface area contributed by atoms with Crippen LogP contribution in [-0.2, 0) is 0 Å². The van der Waals surface area contributed by atoms with Gasteiger partial charge in [0.15, 0.2) is 4.96 Å². The van der Waals surface area contributed by atoms with Gasteiger partial charge in [-0.2, -0.15) is 0 Å². The van der Waals surface area contributed by atoms with Crippen LogP contribution in [0, 0.1) is 19.8 Å². The Bertz CT molecular complexity index is 605. The zero-order valence-electron chi connectivity index (χ0n) is 13.2. The van der Waals surface area contributed by atoms with Gasteiger partial charge in [-0.25, -0.2) is 4.98 Å². The van der Waals surface area contributed by atoms with Gasteiger partial charge in [0.25, 0.3) is 0 Å². The standard InChI is InChI=1S/C16H25N3S/c1-6-14(9-17-8-11(2)3)7-15-13(5)18-16-19(15)12(4)10-20-16/h7,10-11,17H,6,8-9H2,1-5H3. The molecular weight excluding hydrogens is 266 g/mol. The van der Waals surface area contributed by atoms with Gasteiger partial charge in [-0.1, -0.05) is 26.3 Å². The molecule has 0 aliphatic heterocycles. The second kappa shape index (κ2) is 6.55. The molecule has 0 aliphatic carbocycles. The fourth-order valence-corrected chi connectivity index (χ4v) is 3.21. The molecule has 0 fully saturated rings. The van der Waals surface area contributed by atoms with E-state index in [1.165, 1.54) is 17.0 Å². The molecule has 2 aromatic rings. The zero-order chi connectivity index (χ0) is 14.7. The Morgan fingerprint density at radius 2 is 2.20 bits per heavy atom. The molecule has 0 spiro atoms. The van der Waals surface area contributed by atoms with Crippen LogP contribution < -0.4 is 5.32 Å². The Balaban J connectivity index is 2.24. The molecule has 2 heterocycles. The fraction of sp³-hybridized carbons (Fsp3) is 0.562. The summed E-state index contributed by atoms with van der Waals surface area (Å²) < 4.78 is 2.26. The molecule has 0 bridgehead atoms. The third-order valence-corrected chi connectivity index (χ3v) is 4.40. The van der Waals surface area contributed by atoms with Crippen LogP contribution in [0.4, 0.5) is 0 Å². The Hall–Kier alpha value is -1.13. The predicted molar refractivity (Wildman–Crippen MR) is 88.5 cm³/mol. The maximum absolute atomic E-state index is 4.65. The van der Waals surface area contributed by atoms with Crippen LogP contribution in [0.2, 0.25) is 0 Å². The van der Waals surface area contributed by atoms with Gasteiger partial charge in [0.2, 0.25) is 0 Å². The minimum atomic E-state index is 0.690. The summed E-state index contributed by atoms with van der Waals surface area (Å²) in [6, 6.07) is 0. The molecule has 0 unspecified atom stereocenters. The summed E-state index contributed by atoms with van der Waals surface area (Å²) in [6.07, 6.45) is 3.38. The van der Waals surface area contributed by atoms with Crippen molar-refractivity contribution in [3.63, 3.8) is 0 Å². The molecule has 1 N–H and O–H groups in total. The molecule has 0 saturated heterocycles. The average Bonchev–Trinajstić information content (AvgIpc) is 2.89. The van der Waals surface area contributed by atoms with Crippen molar-refractivity contribution in [1.29, 1.82) is 0 Å². The SMILES string of the molecule is CCC(=Cc1c(C)nc2scc(C)n12)CNCC(C)C. The van der Waals surface area contributed by atoms with Crippen molar-refractivity contribution in [2.75, 3.05) is 13.1 Å². The van der Waals surface area contributed by atoms with E-state index in [4.69, 9.17) is 0 Å². The van der Waals surface area contributed by atoms with Crippen LogP contribution in [0.3, 0.4) is 0 Å². The highest BCUT2D eigenvalue weighted by molar-refractivity contribution is 7.15. The van der Waals surface area contributed by atoms with Crippen molar-refractivity contribution in [1.82, 2.24) is 14.7 Å². The number of hydrogen-bond acceptors (Lipinski definition) is 3. The van der Waals surface area contributed by atoms with Gasteiger partial charge in [0.1, 0.15) is 0 Å². The van der Waals surface area contributed by atoms with Crippen LogP contribution >= 0.6 is 11.3 Å². The zero-order valence-corrected chi connectivity index (χ0v) is 14.0. The van der Waals surface area contributed by atoms with Crippen molar-refractivity contribution in [2.45, 2.75) is 41.0 Å². The quantitative estimate of drug-likeness (QED) is 0.870. The normalized spacial score (nSPS) is 12.8. The molecule has 2 aromatic heterocycles. The summed E-state index contributed by atoms with van der Waals surface area (Å²) >= 11 is 1.71. The molecular formula is C16H25N3S. The van der Waals surface area contributed by atoms with E-state index in [0.29, 0.717) is 5.92 Å². The lowest BCUT2D eigenvalue weighted by Crippen LogP contribution is -2.21. The molecule has 0 saturated carbocycles. The second-order valence-corrected chi connectivity index (χ2v) is 6.59. The number of thiazole rings is 1. The summed E-state index contributed by atoms with van der Waals surface area (Å²) in [4.78, 5) is 5.74. The summed E-state index contributed by atoms with van der Waals surface area (Å²) in [7, 11) is 0. The van der Waals surface area contributed by atoms with Crippen LogP contribution in [0.1, 0.15) is 44.3 Å². The smallest absolute Gasteiger partial charge is 0.194 e. The molecule has 0 radical (unpaired) electrons. The Kier molecular flexibility index (Phi) is 5.00. The van der Waals surface area contributed by atoms with Crippen molar-refractivity contribution < 1.29 is 0 Å². The van der Waals surface area contributed by atoms with Gasteiger partial charge < -0.3 is 5.32 Å². The monoisotopic (exact) mass is 291 g/mol. The molecule has 0 amide bonds. The molecule has 110 valence electrons. The number of nitrogens with one attached hydrogen (secondary N) is 1. The van der Waals surface area contributed by atoms with E-state index in [1.807, 2.05) is 0 Å². The van der Waals surface area contributed by atoms with E-state index < -0.39 is 0 Å². The number of aromatic nitrogens is 2. The average molecular weight is 291 g/mol. The number of nitrogens with zero attached hydrogens (tertiary/aromatic N) is 2. The Morgan fingerprint density at radius 1 is 1.45 bits per heavy atom. The summed E-state index contributed by atoms with van der Waals surface area (Å²) in [5.41, 5.74) is 5.06. The van der Waals surface area contributed by atoms with Gasteiger partial charge in [-0.05, 0) is 38.8 Å². The molecule has 0 atom stereocenters. The number of hydrogen-bond donors (Lipinski definition) is 1. The van der Waals surface area contributed by atoms with Crippen molar-refractivity contribution in [3.05, 3.63) is 28.0 Å². The summed E-state index contributed by atoms with van der Waals surface area (Å²) in [5.74, 6) is 0.690. The highest BCUT2D eigenvalue weighted by Gasteiger charge is 2.10. The largest absolute Gasteiger partial charge is 0.313 e. The first-order valence-electron chi connectivity index (χ1n) is 7.36. The highest BCUT2D eigenvalue weighted by atomic mass is 32.1. The number of fused-ring (bicyclic) bond motifs is 1. The van der Waals surface area contributed by atoms with Crippen LogP contribution in [0.5, 0.6) is 0 Å². The Morgan fingerprint density at radius 3 is 2.85 bits per heavy atom. The predicted octanol–water partition coefficient (Wildman–Crippen LogP) is 4.05. The Labute approximate surface area is 125 Å². The van der Waals surface area contributed by atoms with E-state index in [-0.39, 0.29) is 0 Å². The summed E-state index contributed by atoms with van der Waals surface area (Å²) in [5, 5.41) is 5.70. The van der Waals surface area contributed by atoms with Gasteiger partial charge in [-0.3, -0.25) is 4.40 Å². The summed E-state index contributed by atoms with van der Waals surface area (Å²) in [6.45, 7) is 13.0. The first kappa shape index (κ1) is 15.3. The van der Waals surface area contributed by atoms with Gasteiger partial charge in [-0.15, -0.1) is 11.3 Å². The number of aryl methyl sites for hydroxylation is 2. The molecule has 2 rings (SSSR count). The van der Waals surface area contributed by atoms with Crippen molar-refractivity contribution >= 4 is 22.4 Å². The first-order valence-corrected chi connectivity index (χ1v) is 8.24. The lowest BCUT2D eigenvalue weighted by Gasteiger charge is -2.10. The van der Waals surface area contributed by atoms with Crippen molar-refractivity contribution in [3.8, 4) is 0 Å². The van der Waals surface area contributed by atoms with E-state index in [2.05, 4.69) is 60.8 Å². The van der Waals surface area contributed by atoms with Gasteiger partial charge in [0, 0.05) is 17.6 Å². The minimum Gasteiger partial charge on any atom is -0.313 e. The molecule has 0 aromatic carbocycles. The van der Waals surface area contributed by atoms with Crippen LogP contribution in [-0.4, -0.2) is 22.5 Å². The second-order valence-electron chi connectivity index (χ2n) is 5.76. The van der Waals surface area contributed by atoms with Gasteiger partial charge in [0.05, 0.1) is 11.4 Å². The molecule has 0 aliphatic rings. The maximum atomic E-state index is 4.65. The third kappa shape index (κ3) is 3.30. The van der Waals surface area contributed by atoms with E-state index in [9.17, 15) is 0 Å². The fourth-order valence-electron chi connectivity index (χ4n) is 2.29. The van der Waals surface area contributed by atoms with Crippen LogP contribution in [0.25, 0.3) is 11.0 Å². The molecule has 3 nitrogen and oxygen atoms in total. The van der Waals surface area contributed by atoms with Crippen molar-refractivity contribution in [2.24, 2.45) is 5.92 Å². The number of rotatable bonds is 6. The van der Waals surface area contributed by atoms with E-state index in [1.54, 1.807) is 11.3 Å². The third-order valence-electron chi connectivity index (χ3n) is 3.45. The maximum Gasteiger partial charge on any atom is 0.194 e. The lowest BCUT2D eigenvalue weighted by molar-refractivity contribution is 0.569. The molecule has 20 heavy (non-hydrogen) atoms. The first-order chi connectivity index (χ1) is 9.52.